The van der Waals surface area contributed by atoms with Crippen LogP contribution in [-0.4, -0.2) is 24.2 Å². The van der Waals surface area contributed by atoms with Gasteiger partial charge in [0.15, 0.2) is 0 Å². The van der Waals surface area contributed by atoms with E-state index in [4.69, 9.17) is 10.8 Å². The quantitative estimate of drug-likeness (QED) is 0.556. The molecule has 0 fully saturated rings. The summed E-state index contributed by atoms with van der Waals surface area (Å²) in [5, 5.41) is 11.7. The zero-order valence-corrected chi connectivity index (χ0v) is 12.0. The van der Waals surface area contributed by atoms with Gasteiger partial charge in [0.2, 0.25) is 0 Å². The summed E-state index contributed by atoms with van der Waals surface area (Å²) >= 11 is 3.33. The van der Waals surface area contributed by atoms with E-state index in [9.17, 15) is 4.79 Å². The number of amides is 1. The Balaban J connectivity index is 2.43. The number of halogens is 1. The second-order valence-corrected chi connectivity index (χ2v) is 5.28. The van der Waals surface area contributed by atoms with Gasteiger partial charge in [0.25, 0.3) is 5.91 Å². The standard InChI is InChI=1S/C13H19BrN2O2/c1-9(8-17)3-2-6-16-13(18)11-7-10(15)4-5-12(11)14/h4-5,7,9,17H,2-3,6,8,15H2,1H3,(H,16,18). The van der Waals surface area contributed by atoms with Crippen molar-refractivity contribution in [2.75, 3.05) is 18.9 Å². The average molecular weight is 315 g/mol. The highest BCUT2D eigenvalue weighted by atomic mass is 79.9. The van der Waals surface area contributed by atoms with Gasteiger partial charge in [0, 0.05) is 23.3 Å². The van der Waals surface area contributed by atoms with E-state index in [1.807, 2.05) is 6.92 Å². The fourth-order valence-electron chi connectivity index (χ4n) is 1.56. The van der Waals surface area contributed by atoms with Crippen LogP contribution in [0.3, 0.4) is 0 Å². The molecule has 4 nitrogen and oxygen atoms in total. The van der Waals surface area contributed by atoms with Gasteiger partial charge in [-0.1, -0.05) is 6.92 Å². The number of anilines is 1. The number of nitrogen functional groups attached to an aromatic ring is 1. The third-order valence-corrected chi connectivity index (χ3v) is 3.40. The number of nitrogens with one attached hydrogen (secondary N) is 1. The molecule has 0 bridgehead atoms. The first-order valence-corrected chi connectivity index (χ1v) is 6.78. The zero-order valence-electron chi connectivity index (χ0n) is 10.4. The molecular formula is C13H19BrN2O2. The fraction of sp³-hybridized carbons (Fsp3) is 0.462. The van der Waals surface area contributed by atoms with Crippen molar-refractivity contribution in [3.05, 3.63) is 28.2 Å². The average Bonchev–Trinajstić information content (AvgIpc) is 2.36. The van der Waals surface area contributed by atoms with Gasteiger partial charge in [-0.15, -0.1) is 0 Å². The monoisotopic (exact) mass is 314 g/mol. The topological polar surface area (TPSA) is 75.3 Å². The van der Waals surface area contributed by atoms with E-state index < -0.39 is 0 Å². The molecule has 1 aromatic carbocycles. The smallest absolute Gasteiger partial charge is 0.252 e. The normalized spacial score (nSPS) is 12.2. The minimum Gasteiger partial charge on any atom is -0.399 e. The first-order valence-electron chi connectivity index (χ1n) is 5.98. The lowest BCUT2D eigenvalue weighted by Crippen LogP contribution is -2.25. The molecule has 0 heterocycles. The summed E-state index contributed by atoms with van der Waals surface area (Å²) in [4.78, 5) is 11.9. The molecule has 0 aliphatic carbocycles. The lowest BCUT2D eigenvalue weighted by Gasteiger charge is -2.09. The Morgan fingerprint density at radius 2 is 2.28 bits per heavy atom. The zero-order chi connectivity index (χ0) is 13.5. The first-order chi connectivity index (χ1) is 8.54. The molecule has 100 valence electrons. The van der Waals surface area contributed by atoms with Crippen LogP contribution in [0, 0.1) is 5.92 Å². The lowest BCUT2D eigenvalue weighted by molar-refractivity contribution is 0.0951. The summed E-state index contributed by atoms with van der Waals surface area (Å²) in [5.74, 6) is 0.145. The second-order valence-electron chi connectivity index (χ2n) is 4.43. The van der Waals surface area contributed by atoms with Gasteiger partial charge in [-0.3, -0.25) is 4.79 Å². The third-order valence-electron chi connectivity index (χ3n) is 2.71. The molecule has 4 N–H and O–H groups in total. The molecule has 0 spiro atoms. The Bertz CT molecular complexity index is 410. The maximum atomic E-state index is 11.9. The number of carbonyl (C=O) groups is 1. The number of benzene rings is 1. The molecule has 0 radical (unpaired) electrons. The minimum absolute atomic E-state index is 0.133. The summed E-state index contributed by atoms with van der Waals surface area (Å²) in [6, 6.07) is 5.15. The molecule has 1 atom stereocenters. The van der Waals surface area contributed by atoms with E-state index in [-0.39, 0.29) is 18.4 Å². The van der Waals surface area contributed by atoms with E-state index >= 15 is 0 Å². The predicted octanol–water partition coefficient (Wildman–Crippen LogP) is 2.17. The first kappa shape index (κ1) is 15.0. The maximum absolute atomic E-state index is 11.9. The Morgan fingerprint density at radius 1 is 1.56 bits per heavy atom. The van der Waals surface area contributed by atoms with Crippen LogP contribution in [0.15, 0.2) is 22.7 Å². The number of hydrogen-bond acceptors (Lipinski definition) is 3. The number of rotatable bonds is 6. The molecule has 0 saturated carbocycles. The molecule has 0 aliphatic rings. The van der Waals surface area contributed by atoms with Crippen molar-refractivity contribution in [3.8, 4) is 0 Å². The second kappa shape index (κ2) is 7.38. The SMILES string of the molecule is CC(CO)CCCNC(=O)c1cc(N)ccc1Br. The van der Waals surface area contributed by atoms with Gasteiger partial charge in [-0.2, -0.15) is 0 Å². The molecule has 1 unspecified atom stereocenters. The van der Waals surface area contributed by atoms with Crippen molar-refractivity contribution in [3.63, 3.8) is 0 Å². The van der Waals surface area contributed by atoms with Crippen LogP contribution in [0.1, 0.15) is 30.1 Å². The van der Waals surface area contributed by atoms with E-state index in [0.717, 1.165) is 17.3 Å². The highest BCUT2D eigenvalue weighted by Gasteiger charge is 2.09. The van der Waals surface area contributed by atoms with Crippen molar-refractivity contribution in [2.45, 2.75) is 19.8 Å². The molecule has 1 aromatic rings. The predicted molar refractivity (Wildman–Crippen MR) is 76.4 cm³/mol. The fourth-order valence-corrected chi connectivity index (χ4v) is 1.98. The van der Waals surface area contributed by atoms with Gasteiger partial charge in [0.1, 0.15) is 0 Å². The van der Waals surface area contributed by atoms with Crippen LogP contribution >= 0.6 is 15.9 Å². The molecular weight excluding hydrogens is 296 g/mol. The molecule has 1 amide bonds. The van der Waals surface area contributed by atoms with Crippen LogP contribution in [0.4, 0.5) is 5.69 Å². The summed E-state index contributed by atoms with van der Waals surface area (Å²) in [5.41, 5.74) is 6.76. The van der Waals surface area contributed by atoms with E-state index in [2.05, 4.69) is 21.2 Å². The number of hydrogen-bond donors (Lipinski definition) is 3. The van der Waals surface area contributed by atoms with Gasteiger partial charge in [-0.25, -0.2) is 0 Å². The number of carbonyl (C=O) groups excluding carboxylic acids is 1. The van der Waals surface area contributed by atoms with Gasteiger partial charge < -0.3 is 16.2 Å². The van der Waals surface area contributed by atoms with Crippen molar-refractivity contribution < 1.29 is 9.90 Å². The van der Waals surface area contributed by atoms with Gasteiger partial charge in [0.05, 0.1) is 5.56 Å². The third kappa shape index (κ3) is 4.66. The Labute approximate surface area is 116 Å². The van der Waals surface area contributed by atoms with Crippen molar-refractivity contribution in [1.29, 1.82) is 0 Å². The van der Waals surface area contributed by atoms with Crippen LogP contribution in [0.5, 0.6) is 0 Å². The Kier molecular flexibility index (Phi) is 6.15. The van der Waals surface area contributed by atoms with Crippen LogP contribution in [0.25, 0.3) is 0 Å². The molecule has 1 rings (SSSR count). The van der Waals surface area contributed by atoms with Crippen molar-refractivity contribution in [2.24, 2.45) is 5.92 Å². The van der Waals surface area contributed by atoms with Crippen molar-refractivity contribution in [1.82, 2.24) is 5.32 Å². The van der Waals surface area contributed by atoms with Crippen LogP contribution in [0.2, 0.25) is 0 Å². The van der Waals surface area contributed by atoms with Gasteiger partial charge >= 0.3 is 0 Å². The molecule has 0 saturated heterocycles. The molecule has 0 aromatic heterocycles. The van der Waals surface area contributed by atoms with E-state index in [0.29, 0.717) is 17.8 Å². The summed E-state index contributed by atoms with van der Waals surface area (Å²) < 4.78 is 0.734. The number of aliphatic hydroxyl groups excluding tert-OH is 1. The summed E-state index contributed by atoms with van der Waals surface area (Å²) in [7, 11) is 0. The van der Waals surface area contributed by atoms with E-state index in [1.165, 1.54) is 0 Å². The van der Waals surface area contributed by atoms with Crippen molar-refractivity contribution >= 4 is 27.5 Å². The molecule has 0 aliphatic heterocycles. The maximum Gasteiger partial charge on any atom is 0.252 e. The van der Waals surface area contributed by atoms with E-state index in [1.54, 1.807) is 18.2 Å². The number of aliphatic hydroxyl groups is 1. The van der Waals surface area contributed by atoms with Gasteiger partial charge in [-0.05, 0) is 52.9 Å². The summed E-state index contributed by atoms with van der Waals surface area (Å²) in [6.45, 7) is 2.77. The number of nitrogens with two attached hydrogens (primary N) is 1. The summed E-state index contributed by atoms with van der Waals surface area (Å²) in [6.07, 6.45) is 1.75. The molecule has 18 heavy (non-hydrogen) atoms. The Morgan fingerprint density at radius 3 is 2.94 bits per heavy atom. The largest absolute Gasteiger partial charge is 0.399 e. The van der Waals surface area contributed by atoms with Crippen LogP contribution < -0.4 is 11.1 Å². The minimum atomic E-state index is -0.133. The molecule has 5 heteroatoms. The Hall–Kier alpha value is -1.07. The van der Waals surface area contributed by atoms with Crippen LogP contribution in [-0.2, 0) is 0 Å². The highest BCUT2D eigenvalue weighted by molar-refractivity contribution is 9.10. The lowest BCUT2D eigenvalue weighted by atomic mass is 10.1. The highest BCUT2D eigenvalue weighted by Crippen LogP contribution is 2.19.